The van der Waals surface area contributed by atoms with Gasteiger partial charge in [0.25, 0.3) is 0 Å². The molecule has 4 aromatic rings. The summed E-state index contributed by atoms with van der Waals surface area (Å²) in [5, 5.41) is 0. The third-order valence-electron chi connectivity index (χ3n) is 16.7. The second-order valence-electron chi connectivity index (χ2n) is 27.1. The zero-order valence-corrected chi connectivity index (χ0v) is 66.3. The van der Waals surface area contributed by atoms with Crippen molar-refractivity contribution in [2.45, 2.75) is 341 Å². The number of hydrogen-bond donors (Lipinski definition) is 0. The Morgan fingerprint density at radius 1 is 0.393 bits per heavy atom. The second kappa shape index (κ2) is 52.7. The van der Waals surface area contributed by atoms with Crippen LogP contribution >= 0.6 is 0 Å². The minimum atomic E-state index is 0.531. The fourth-order valence-electron chi connectivity index (χ4n) is 10.9. The predicted octanol–water partition coefficient (Wildman–Crippen LogP) is 26.1. The van der Waals surface area contributed by atoms with E-state index >= 15 is 0 Å². The lowest BCUT2D eigenvalue weighted by molar-refractivity contribution is 0.117. The minimum Gasteiger partial charge on any atom is -0.355 e. The number of fused-ring (bicyclic) bond motifs is 2. The molecule has 5 nitrogen and oxygen atoms in total. The average molecular weight is 1240 g/mol. The first-order valence-electron chi connectivity index (χ1n) is 37.2. The fourth-order valence-corrected chi connectivity index (χ4v) is 10.9. The van der Waals surface area contributed by atoms with E-state index in [0.29, 0.717) is 53.4 Å². The van der Waals surface area contributed by atoms with Crippen molar-refractivity contribution in [3.05, 3.63) is 135 Å². The Hall–Kier alpha value is -3.80. The van der Waals surface area contributed by atoms with Crippen molar-refractivity contribution < 1.29 is 0 Å². The SMILES string of the molecule is CC.CC.CC.CC.CC.CC.CC(C)C1=NCC2CC(C(C)C)CN12.CC(C)C1CCCN(C(C)C)C1.CC(C)c1ccc2c(c1)CN(C(C)C)C2.CC(C)c1cccc(C(C)C)c1.CC(C)c1ccccc1C(C)C.CC(C)c1ccnc(C(C)C)c1. The Bertz CT molecular complexity index is 2150. The highest BCUT2D eigenvalue weighted by atomic mass is 15.3. The van der Waals surface area contributed by atoms with E-state index in [9.17, 15) is 0 Å². The average Bonchev–Trinajstić information content (AvgIpc) is 2.15. The zero-order valence-electron chi connectivity index (χ0n) is 66.3. The summed E-state index contributed by atoms with van der Waals surface area (Å²) in [5.41, 5.74) is 13.0. The van der Waals surface area contributed by atoms with Crippen LogP contribution in [-0.4, -0.2) is 69.8 Å². The summed E-state index contributed by atoms with van der Waals surface area (Å²) in [5.74, 6) is 9.84. The second-order valence-corrected chi connectivity index (χ2v) is 27.1. The Morgan fingerprint density at radius 2 is 0.831 bits per heavy atom. The van der Waals surface area contributed by atoms with Gasteiger partial charge in [-0.2, -0.15) is 0 Å². The molecule has 4 aliphatic heterocycles. The molecule has 516 valence electrons. The minimum absolute atomic E-state index is 0.531. The van der Waals surface area contributed by atoms with Crippen LogP contribution in [0.3, 0.4) is 0 Å². The summed E-state index contributed by atoms with van der Waals surface area (Å²) in [6, 6.07) is 31.0. The van der Waals surface area contributed by atoms with E-state index in [0.717, 1.165) is 55.4 Å². The standard InChI is InChI=1S/C14H21N.C12H22N2.2C12H18.C11H17N.C11H23N.6C2H6/c1-10(2)12-5-6-13-8-15(11(3)4)9-14(13)7-12;1-8(2)10-5-11-6-13-12(9(3)4)14(11)7-10;1-9(2)11-6-5-7-12(8-11)10(3)4;1-9(2)11-7-5-6-8-12(11)10(3)4;1-8(2)10-5-6-12-11(7-10)9(3)4;1-9(2)11-6-5-7-12(8-11)10(3)4;6*1-2/h5-7,10-11H,8-9H2,1-4H3;8-11H,5-7H2,1-4H3;2*5-10H,1-4H3;5-9H,1-4H3;9-11H,5-8H2,1-4H3;6*1-2H3. The van der Waals surface area contributed by atoms with E-state index in [1.165, 1.54) is 94.9 Å². The Labute approximate surface area is 559 Å². The summed E-state index contributed by atoms with van der Waals surface area (Å²) in [6.07, 6.45) is 6.12. The highest BCUT2D eigenvalue weighted by Crippen LogP contribution is 2.34. The lowest BCUT2D eigenvalue weighted by atomic mass is 9.87. The van der Waals surface area contributed by atoms with E-state index in [-0.39, 0.29) is 0 Å². The number of aromatic nitrogens is 1. The van der Waals surface area contributed by atoms with Crippen LogP contribution in [0.25, 0.3) is 0 Å². The number of hydrogen-bond acceptors (Lipinski definition) is 5. The van der Waals surface area contributed by atoms with Crippen LogP contribution in [-0.2, 0) is 13.1 Å². The maximum atomic E-state index is 4.66. The maximum absolute atomic E-state index is 4.66. The molecule has 3 aromatic carbocycles. The van der Waals surface area contributed by atoms with Crippen molar-refractivity contribution in [1.82, 2.24) is 19.7 Å². The van der Waals surface area contributed by atoms with Crippen LogP contribution in [0.15, 0.2) is 90.1 Å². The molecule has 2 saturated heterocycles. The third-order valence-corrected chi connectivity index (χ3v) is 16.7. The number of aliphatic imine (C=N–C) groups is 1. The van der Waals surface area contributed by atoms with Crippen molar-refractivity contribution in [3.63, 3.8) is 0 Å². The van der Waals surface area contributed by atoms with Crippen molar-refractivity contribution in [1.29, 1.82) is 0 Å². The number of likely N-dealkylation sites (tertiary alicyclic amines) is 1. The molecule has 0 aliphatic carbocycles. The van der Waals surface area contributed by atoms with Gasteiger partial charge < -0.3 is 9.80 Å². The van der Waals surface area contributed by atoms with Gasteiger partial charge in [-0.05, 0) is 175 Å². The van der Waals surface area contributed by atoms with Crippen LogP contribution in [0, 0.1) is 29.6 Å². The molecule has 0 saturated carbocycles. The Kier molecular flexibility index (Phi) is 54.2. The van der Waals surface area contributed by atoms with Crippen LogP contribution in [0.5, 0.6) is 0 Å². The molecule has 89 heavy (non-hydrogen) atoms. The van der Waals surface area contributed by atoms with Gasteiger partial charge in [0.1, 0.15) is 5.84 Å². The molecule has 0 N–H and O–H groups in total. The summed E-state index contributed by atoms with van der Waals surface area (Å²) < 4.78 is 0. The van der Waals surface area contributed by atoms with Gasteiger partial charge >= 0.3 is 0 Å². The van der Waals surface area contributed by atoms with E-state index in [1.807, 2.05) is 89.3 Å². The highest BCUT2D eigenvalue weighted by Gasteiger charge is 2.39. The summed E-state index contributed by atoms with van der Waals surface area (Å²) in [7, 11) is 0. The molecule has 0 amide bonds. The summed E-state index contributed by atoms with van der Waals surface area (Å²) in [6.45, 7) is 85.5. The summed E-state index contributed by atoms with van der Waals surface area (Å²) >= 11 is 0. The van der Waals surface area contributed by atoms with Crippen molar-refractivity contribution in [2.24, 2.45) is 34.6 Å². The number of amidine groups is 1. The third kappa shape index (κ3) is 35.2. The van der Waals surface area contributed by atoms with Gasteiger partial charge in [-0.3, -0.25) is 14.9 Å². The van der Waals surface area contributed by atoms with Crippen LogP contribution in [0.2, 0.25) is 0 Å². The first kappa shape index (κ1) is 91.6. The van der Waals surface area contributed by atoms with Gasteiger partial charge in [0.05, 0.1) is 12.6 Å². The molecular formula is C84H155N5. The number of pyridine rings is 1. The monoisotopic (exact) mass is 1230 g/mol. The maximum Gasteiger partial charge on any atom is 0.102 e. The molecule has 0 bridgehead atoms. The van der Waals surface area contributed by atoms with E-state index < -0.39 is 0 Å². The van der Waals surface area contributed by atoms with Crippen molar-refractivity contribution in [2.75, 3.05) is 26.2 Å². The predicted molar refractivity (Wildman–Crippen MR) is 410 cm³/mol. The van der Waals surface area contributed by atoms with Crippen molar-refractivity contribution >= 4 is 5.84 Å². The fraction of sp³-hybridized carbons (Fsp3) is 0.714. The Balaban J connectivity index is -0.000000471. The quantitative estimate of drug-likeness (QED) is 0.142. The van der Waals surface area contributed by atoms with Gasteiger partial charge in [-0.15, -0.1) is 0 Å². The molecule has 3 unspecified atom stereocenters. The van der Waals surface area contributed by atoms with Crippen LogP contribution < -0.4 is 0 Å². The number of rotatable bonds is 12. The molecule has 8 rings (SSSR count). The molecule has 4 aliphatic rings. The molecule has 1 aromatic heterocycles. The number of benzene rings is 3. The van der Waals surface area contributed by atoms with E-state index in [1.54, 1.807) is 0 Å². The van der Waals surface area contributed by atoms with Crippen LogP contribution in [0.1, 0.15) is 360 Å². The largest absolute Gasteiger partial charge is 0.355 e. The van der Waals surface area contributed by atoms with Gasteiger partial charge in [0, 0.05) is 56.1 Å². The van der Waals surface area contributed by atoms with Gasteiger partial charge in [0.2, 0.25) is 0 Å². The first-order valence-corrected chi connectivity index (χ1v) is 37.2. The van der Waals surface area contributed by atoms with Gasteiger partial charge in [0.15, 0.2) is 0 Å². The molecule has 0 spiro atoms. The van der Waals surface area contributed by atoms with Crippen LogP contribution in [0.4, 0.5) is 0 Å². The number of piperidine rings is 1. The molecule has 3 atom stereocenters. The highest BCUT2D eigenvalue weighted by molar-refractivity contribution is 5.86. The smallest absolute Gasteiger partial charge is 0.102 e. The van der Waals surface area contributed by atoms with Gasteiger partial charge in [-0.25, -0.2) is 0 Å². The van der Waals surface area contributed by atoms with Crippen molar-refractivity contribution in [3.8, 4) is 0 Å². The first-order chi connectivity index (χ1) is 42.1. The lowest BCUT2D eigenvalue weighted by Crippen LogP contribution is -2.41. The van der Waals surface area contributed by atoms with E-state index in [2.05, 4.69) is 270 Å². The molecule has 5 heteroatoms. The van der Waals surface area contributed by atoms with Gasteiger partial charge in [-0.1, -0.05) is 288 Å². The molecule has 0 radical (unpaired) electrons. The molecule has 5 heterocycles. The molecule has 2 fully saturated rings. The number of nitrogens with zero attached hydrogens (tertiary/aromatic N) is 5. The lowest BCUT2D eigenvalue weighted by Gasteiger charge is -2.37. The van der Waals surface area contributed by atoms with E-state index in [4.69, 9.17) is 0 Å². The Morgan fingerprint density at radius 3 is 1.24 bits per heavy atom. The topological polar surface area (TPSA) is 35.0 Å². The zero-order chi connectivity index (χ0) is 69.8. The normalized spacial score (nSPS) is 16.3. The molecular weight excluding hydrogens is 1080 g/mol. The summed E-state index contributed by atoms with van der Waals surface area (Å²) in [4.78, 5) is 16.7.